The van der Waals surface area contributed by atoms with Gasteiger partial charge in [-0.2, -0.15) is 0 Å². The van der Waals surface area contributed by atoms with Gasteiger partial charge in [-0.25, -0.2) is 15.0 Å². The van der Waals surface area contributed by atoms with E-state index >= 15 is 0 Å². The number of aromatic nitrogens is 4. The zero-order valence-electron chi connectivity index (χ0n) is 31.2. The lowest BCUT2D eigenvalue weighted by Gasteiger charge is -2.10. The molecule has 0 aliphatic rings. The van der Waals surface area contributed by atoms with Gasteiger partial charge in [-0.3, -0.25) is 0 Å². The lowest BCUT2D eigenvalue weighted by Crippen LogP contribution is -2.00. The topological polar surface area (TPSA) is 56.7 Å². The maximum Gasteiger partial charge on any atom is 0.164 e. The second-order valence-electron chi connectivity index (χ2n) is 14.8. The van der Waals surface area contributed by atoms with Gasteiger partial charge in [0.25, 0.3) is 0 Å². The molecule has 0 spiro atoms. The lowest BCUT2D eigenvalue weighted by atomic mass is 10.0. The number of furan rings is 1. The monoisotopic (exact) mass is 740 g/mol. The minimum Gasteiger partial charge on any atom is -0.456 e. The summed E-state index contributed by atoms with van der Waals surface area (Å²) in [4.78, 5) is 15.3. The van der Waals surface area contributed by atoms with Crippen LogP contribution in [0.4, 0.5) is 0 Å². The molecule has 58 heavy (non-hydrogen) atoms. The molecule has 0 bridgehead atoms. The molecule has 5 nitrogen and oxygen atoms in total. The molecule has 3 aromatic heterocycles. The van der Waals surface area contributed by atoms with Crippen LogP contribution in [0.15, 0.2) is 199 Å². The third kappa shape index (κ3) is 5.14. The predicted molar refractivity (Wildman–Crippen MR) is 238 cm³/mol. The molecule has 0 atom stereocenters. The van der Waals surface area contributed by atoms with Gasteiger partial charge in [-0.1, -0.05) is 146 Å². The van der Waals surface area contributed by atoms with Gasteiger partial charge in [-0.15, -0.1) is 0 Å². The Kier molecular flexibility index (Phi) is 7.16. The second kappa shape index (κ2) is 12.8. The summed E-state index contributed by atoms with van der Waals surface area (Å²) in [6.45, 7) is 0. The number of fused-ring (bicyclic) bond motifs is 9. The zero-order chi connectivity index (χ0) is 38.2. The van der Waals surface area contributed by atoms with Crippen molar-refractivity contribution in [3.05, 3.63) is 194 Å². The molecule has 12 rings (SSSR count). The van der Waals surface area contributed by atoms with Crippen molar-refractivity contribution in [2.24, 2.45) is 0 Å². The molecular formula is C53H32N4O. The highest BCUT2D eigenvalue weighted by Crippen LogP contribution is 2.41. The predicted octanol–water partition coefficient (Wildman–Crippen LogP) is 13.8. The first kappa shape index (κ1) is 32.4. The van der Waals surface area contributed by atoms with Crippen molar-refractivity contribution < 1.29 is 4.42 Å². The van der Waals surface area contributed by atoms with E-state index in [0.717, 1.165) is 60.7 Å². The van der Waals surface area contributed by atoms with Crippen LogP contribution in [0.5, 0.6) is 0 Å². The summed E-state index contributed by atoms with van der Waals surface area (Å²) >= 11 is 0. The highest BCUT2D eigenvalue weighted by atomic mass is 16.3. The molecule has 0 amide bonds. The molecule has 0 aliphatic carbocycles. The van der Waals surface area contributed by atoms with Crippen LogP contribution in [0.2, 0.25) is 0 Å². The van der Waals surface area contributed by atoms with Crippen LogP contribution in [0.25, 0.3) is 116 Å². The minimum atomic E-state index is 0.595. The number of benzene rings is 9. The highest BCUT2D eigenvalue weighted by molar-refractivity contribution is 6.22. The summed E-state index contributed by atoms with van der Waals surface area (Å²) in [6, 6.07) is 68.1. The molecule has 3 heterocycles. The molecule has 5 heteroatoms. The first-order valence-electron chi connectivity index (χ1n) is 19.5. The van der Waals surface area contributed by atoms with Gasteiger partial charge in [-0.05, 0) is 75.1 Å². The summed E-state index contributed by atoms with van der Waals surface area (Å²) in [7, 11) is 0. The Morgan fingerprint density at radius 1 is 0.345 bits per heavy atom. The zero-order valence-corrected chi connectivity index (χ0v) is 31.2. The molecule has 0 unspecified atom stereocenters. The van der Waals surface area contributed by atoms with Crippen molar-refractivity contribution in [3.8, 4) is 51.0 Å². The molecule has 0 saturated carbocycles. The van der Waals surface area contributed by atoms with Crippen LogP contribution < -0.4 is 0 Å². The Hall–Kier alpha value is -7.89. The maximum absolute atomic E-state index is 6.72. The van der Waals surface area contributed by atoms with Gasteiger partial charge >= 0.3 is 0 Å². The summed E-state index contributed by atoms with van der Waals surface area (Å²) in [5.74, 6) is 1.84. The number of hydrogen-bond donors (Lipinski definition) is 0. The molecule has 0 saturated heterocycles. The first-order chi connectivity index (χ1) is 28.7. The van der Waals surface area contributed by atoms with Crippen molar-refractivity contribution in [1.82, 2.24) is 19.5 Å². The van der Waals surface area contributed by atoms with Gasteiger partial charge in [0.2, 0.25) is 0 Å². The largest absolute Gasteiger partial charge is 0.456 e. The number of hydrogen-bond acceptors (Lipinski definition) is 4. The second-order valence-corrected chi connectivity index (χ2v) is 14.8. The van der Waals surface area contributed by atoms with Gasteiger partial charge in [0.1, 0.15) is 11.2 Å². The van der Waals surface area contributed by atoms with Crippen LogP contribution in [0.3, 0.4) is 0 Å². The average molecular weight is 741 g/mol. The fourth-order valence-electron chi connectivity index (χ4n) is 8.69. The van der Waals surface area contributed by atoms with Crippen LogP contribution in [-0.4, -0.2) is 19.5 Å². The van der Waals surface area contributed by atoms with Crippen molar-refractivity contribution in [1.29, 1.82) is 0 Å². The van der Waals surface area contributed by atoms with Gasteiger partial charge < -0.3 is 8.98 Å². The summed E-state index contributed by atoms with van der Waals surface area (Å²) < 4.78 is 9.09. The quantitative estimate of drug-likeness (QED) is 0.176. The first-order valence-corrected chi connectivity index (χ1v) is 19.5. The maximum atomic E-state index is 6.72. The lowest BCUT2D eigenvalue weighted by molar-refractivity contribution is 0.668. The minimum absolute atomic E-state index is 0.595. The fourth-order valence-corrected chi connectivity index (χ4v) is 8.69. The third-order valence-electron chi connectivity index (χ3n) is 11.4. The van der Waals surface area contributed by atoms with Crippen LogP contribution in [-0.2, 0) is 0 Å². The van der Waals surface area contributed by atoms with E-state index in [0.29, 0.717) is 17.5 Å². The molecule has 0 radical (unpaired) electrons. The van der Waals surface area contributed by atoms with Crippen molar-refractivity contribution in [3.63, 3.8) is 0 Å². The normalized spacial score (nSPS) is 11.8. The number of nitrogens with zero attached hydrogens (tertiary/aromatic N) is 4. The molecule has 0 N–H and O–H groups in total. The molecule has 0 aliphatic heterocycles. The Bertz CT molecular complexity index is 3570. The summed E-state index contributed by atoms with van der Waals surface area (Å²) in [5, 5.41) is 9.19. The molecule has 12 aromatic rings. The third-order valence-corrected chi connectivity index (χ3v) is 11.4. The standard InChI is InChI=1S/C53H32N4O/c1-3-12-33(13-4-1)38-25-28-45-44(31-38)49-41-19-10-9-15-35(41)24-29-46(49)57(45)40-26-27-42-48(32-40)58-47-21-11-20-43(50(42)47)53-55-51(36-16-5-2-6-17-36)54-52(56-53)39-23-22-34-14-7-8-18-37(34)30-39/h1-32H. The Labute approximate surface area is 333 Å². The van der Waals surface area contributed by atoms with E-state index in [1.165, 1.54) is 38.1 Å². The van der Waals surface area contributed by atoms with Crippen LogP contribution >= 0.6 is 0 Å². The van der Waals surface area contributed by atoms with Gasteiger partial charge in [0.15, 0.2) is 17.5 Å². The molecular weight excluding hydrogens is 709 g/mol. The van der Waals surface area contributed by atoms with E-state index in [4.69, 9.17) is 19.4 Å². The summed E-state index contributed by atoms with van der Waals surface area (Å²) in [5.41, 5.74) is 10.0. The Morgan fingerprint density at radius 2 is 1.02 bits per heavy atom. The Morgan fingerprint density at radius 3 is 1.86 bits per heavy atom. The Balaban J connectivity index is 1.05. The number of rotatable bonds is 5. The van der Waals surface area contributed by atoms with Gasteiger partial charge in [0.05, 0.1) is 11.0 Å². The SMILES string of the molecule is c1ccc(-c2ccc3c(c2)c2c4ccccc4ccc2n3-c2ccc3c(c2)oc2cccc(-c4nc(-c5ccccc5)nc(-c5ccc6ccccc6c5)n4)c23)cc1. The smallest absolute Gasteiger partial charge is 0.164 e. The van der Waals surface area contributed by atoms with Crippen molar-refractivity contribution in [2.45, 2.75) is 0 Å². The summed E-state index contributed by atoms with van der Waals surface area (Å²) in [6.07, 6.45) is 0. The molecule has 270 valence electrons. The highest BCUT2D eigenvalue weighted by Gasteiger charge is 2.20. The van der Waals surface area contributed by atoms with E-state index in [2.05, 4.69) is 156 Å². The van der Waals surface area contributed by atoms with E-state index in [9.17, 15) is 0 Å². The molecule has 0 fully saturated rings. The fraction of sp³-hybridized carbons (Fsp3) is 0. The molecule has 9 aromatic carbocycles. The van der Waals surface area contributed by atoms with Crippen molar-refractivity contribution in [2.75, 3.05) is 0 Å². The van der Waals surface area contributed by atoms with E-state index < -0.39 is 0 Å². The van der Waals surface area contributed by atoms with Crippen molar-refractivity contribution >= 4 is 65.3 Å². The van der Waals surface area contributed by atoms with Crippen LogP contribution in [0.1, 0.15) is 0 Å². The average Bonchev–Trinajstić information content (AvgIpc) is 3.84. The van der Waals surface area contributed by atoms with E-state index in [-0.39, 0.29) is 0 Å². The van der Waals surface area contributed by atoms with Gasteiger partial charge in [0, 0.05) is 50.0 Å². The van der Waals surface area contributed by atoms with E-state index in [1.807, 2.05) is 42.5 Å². The van der Waals surface area contributed by atoms with E-state index in [1.54, 1.807) is 0 Å². The van der Waals surface area contributed by atoms with Crippen LogP contribution in [0, 0.1) is 0 Å².